The Balaban J connectivity index is 1.69. The Morgan fingerprint density at radius 2 is 2.00 bits per heavy atom. The number of hydrogen-bond acceptors (Lipinski definition) is 5. The first kappa shape index (κ1) is 15.8. The second-order valence-corrected chi connectivity index (χ2v) is 6.50. The molecule has 0 spiro atoms. The standard InChI is InChI=1S/C19H20N4O2/c1-25-17-7-6-14(10-15(17)12-18-20-22-23-21-18)13-4-2-5-16(11-13)19(24)8-3-9-19/h2,4-7,10-11,24H,3,8-9,12H2,1H3,(H,20,21,22,23). The van der Waals surface area contributed by atoms with Crippen LogP contribution in [0.2, 0.25) is 0 Å². The molecule has 0 atom stereocenters. The molecule has 6 nitrogen and oxygen atoms in total. The van der Waals surface area contributed by atoms with E-state index in [0.29, 0.717) is 12.2 Å². The number of rotatable bonds is 5. The molecule has 25 heavy (non-hydrogen) atoms. The van der Waals surface area contributed by atoms with Crippen LogP contribution < -0.4 is 4.74 Å². The molecule has 0 unspecified atom stereocenters. The number of nitrogens with one attached hydrogen (secondary N) is 1. The fraction of sp³-hybridized carbons (Fsp3) is 0.316. The Morgan fingerprint density at radius 3 is 2.68 bits per heavy atom. The first-order valence-electron chi connectivity index (χ1n) is 8.40. The molecule has 1 aliphatic rings. The molecule has 6 heteroatoms. The molecule has 4 rings (SSSR count). The van der Waals surface area contributed by atoms with Crippen molar-refractivity contribution in [2.45, 2.75) is 31.3 Å². The number of aromatic nitrogens is 4. The minimum Gasteiger partial charge on any atom is -0.496 e. The highest BCUT2D eigenvalue weighted by Crippen LogP contribution is 2.42. The summed E-state index contributed by atoms with van der Waals surface area (Å²) in [6.45, 7) is 0. The minimum atomic E-state index is -0.657. The lowest BCUT2D eigenvalue weighted by Crippen LogP contribution is -2.33. The van der Waals surface area contributed by atoms with Crippen molar-refractivity contribution < 1.29 is 9.84 Å². The molecule has 0 amide bonds. The summed E-state index contributed by atoms with van der Waals surface area (Å²) in [5.74, 6) is 1.41. The van der Waals surface area contributed by atoms with E-state index >= 15 is 0 Å². The number of benzene rings is 2. The average molecular weight is 336 g/mol. The smallest absolute Gasteiger partial charge is 0.179 e. The molecule has 0 saturated heterocycles. The molecule has 2 aromatic carbocycles. The fourth-order valence-corrected chi connectivity index (χ4v) is 3.31. The van der Waals surface area contributed by atoms with Gasteiger partial charge in [0.25, 0.3) is 0 Å². The lowest BCUT2D eigenvalue weighted by atomic mass is 9.74. The van der Waals surface area contributed by atoms with Crippen LogP contribution in [-0.2, 0) is 12.0 Å². The topological polar surface area (TPSA) is 83.9 Å². The van der Waals surface area contributed by atoms with Crippen molar-refractivity contribution in [2.24, 2.45) is 0 Å². The molecular formula is C19H20N4O2. The highest BCUT2D eigenvalue weighted by atomic mass is 16.5. The predicted molar refractivity (Wildman–Crippen MR) is 93.2 cm³/mol. The quantitative estimate of drug-likeness (QED) is 0.748. The van der Waals surface area contributed by atoms with Crippen LogP contribution in [0.5, 0.6) is 5.75 Å². The van der Waals surface area contributed by atoms with E-state index in [1.807, 2.05) is 24.3 Å². The molecule has 0 radical (unpaired) electrons. The van der Waals surface area contributed by atoms with Gasteiger partial charge in [-0.2, -0.15) is 5.21 Å². The molecular weight excluding hydrogens is 316 g/mol. The van der Waals surface area contributed by atoms with Crippen LogP contribution in [0.3, 0.4) is 0 Å². The van der Waals surface area contributed by atoms with E-state index in [2.05, 4.69) is 38.8 Å². The van der Waals surface area contributed by atoms with Crippen LogP contribution in [0, 0.1) is 0 Å². The van der Waals surface area contributed by atoms with Crippen molar-refractivity contribution in [1.82, 2.24) is 20.6 Å². The zero-order chi connectivity index (χ0) is 17.3. The molecule has 1 heterocycles. The normalized spacial score (nSPS) is 15.6. The van der Waals surface area contributed by atoms with Gasteiger partial charge in [0.1, 0.15) is 5.75 Å². The van der Waals surface area contributed by atoms with Gasteiger partial charge in [-0.15, -0.1) is 10.2 Å². The van der Waals surface area contributed by atoms with E-state index in [0.717, 1.165) is 47.3 Å². The van der Waals surface area contributed by atoms with Gasteiger partial charge >= 0.3 is 0 Å². The summed E-state index contributed by atoms with van der Waals surface area (Å²) >= 11 is 0. The highest BCUT2D eigenvalue weighted by Gasteiger charge is 2.36. The van der Waals surface area contributed by atoms with E-state index in [1.165, 1.54) is 0 Å². The summed E-state index contributed by atoms with van der Waals surface area (Å²) in [7, 11) is 1.65. The van der Waals surface area contributed by atoms with Crippen LogP contribution in [-0.4, -0.2) is 32.8 Å². The Kier molecular flexibility index (Phi) is 3.97. The number of H-pyrrole nitrogens is 1. The number of hydrogen-bond donors (Lipinski definition) is 2. The molecule has 1 fully saturated rings. The van der Waals surface area contributed by atoms with E-state index in [9.17, 15) is 5.11 Å². The summed E-state index contributed by atoms with van der Waals surface area (Å²) < 4.78 is 5.46. The number of aliphatic hydroxyl groups is 1. The zero-order valence-electron chi connectivity index (χ0n) is 14.1. The van der Waals surface area contributed by atoms with Crippen molar-refractivity contribution >= 4 is 0 Å². The van der Waals surface area contributed by atoms with Crippen molar-refractivity contribution in [3.05, 3.63) is 59.4 Å². The second-order valence-electron chi connectivity index (χ2n) is 6.50. The Labute approximate surface area is 145 Å². The van der Waals surface area contributed by atoms with Crippen LogP contribution in [0.15, 0.2) is 42.5 Å². The SMILES string of the molecule is COc1ccc(-c2cccc(C3(O)CCC3)c2)cc1Cc1nn[nH]n1. The van der Waals surface area contributed by atoms with Gasteiger partial charge in [-0.3, -0.25) is 0 Å². The summed E-state index contributed by atoms with van der Waals surface area (Å²) in [5.41, 5.74) is 3.48. The van der Waals surface area contributed by atoms with Gasteiger partial charge in [0.15, 0.2) is 5.82 Å². The second kappa shape index (κ2) is 6.29. The third kappa shape index (κ3) is 3.00. The predicted octanol–water partition coefficient (Wildman–Crippen LogP) is 2.84. The lowest BCUT2D eigenvalue weighted by Gasteiger charge is -2.37. The largest absolute Gasteiger partial charge is 0.496 e. The van der Waals surface area contributed by atoms with E-state index in [4.69, 9.17) is 4.74 Å². The molecule has 128 valence electrons. The molecule has 2 N–H and O–H groups in total. The summed E-state index contributed by atoms with van der Waals surface area (Å²) in [5, 5.41) is 24.7. The highest BCUT2D eigenvalue weighted by molar-refractivity contribution is 5.67. The van der Waals surface area contributed by atoms with E-state index < -0.39 is 5.60 Å². The third-order valence-electron chi connectivity index (χ3n) is 4.93. The first-order chi connectivity index (χ1) is 12.2. The molecule has 1 aliphatic carbocycles. The van der Waals surface area contributed by atoms with E-state index in [-0.39, 0.29) is 0 Å². The van der Waals surface area contributed by atoms with Gasteiger partial charge in [0, 0.05) is 12.0 Å². The number of tetrazole rings is 1. The summed E-state index contributed by atoms with van der Waals surface area (Å²) in [4.78, 5) is 0. The van der Waals surface area contributed by atoms with Gasteiger partial charge in [0.05, 0.1) is 12.7 Å². The summed E-state index contributed by atoms with van der Waals surface area (Å²) in [6.07, 6.45) is 3.29. The average Bonchev–Trinajstić information content (AvgIpc) is 3.13. The minimum absolute atomic E-state index is 0.539. The van der Waals surface area contributed by atoms with Crippen LogP contribution in [0.4, 0.5) is 0 Å². The fourth-order valence-electron chi connectivity index (χ4n) is 3.31. The number of aromatic amines is 1. The lowest BCUT2D eigenvalue weighted by molar-refractivity contribution is -0.0387. The molecule has 0 bridgehead atoms. The Bertz CT molecular complexity index is 873. The van der Waals surface area contributed by atoms with Crippen molar-refractivity contribution in [3.8, 4) is 16.9 Å². The molecule has 1 saturated carbocycles. The molecule has 1 aromatic heterocycles. The maximum absolute atomic E-state index is 10.6. The van der Waals surface area contributed by atoms with Crippen molar-refractivity contribution in [2.75, 3.05) is 7.11 Å². The Hall–Kier alpha value is -2.73. The van der Waals surface area contributed by atoms with Crippen LogP contribution in [0.1, 0.15) is 36.2 Å². The van der Waals surface area contributed by atoms with Crippen LogP contribution >= 0.6 is 0 Å². The van der Waals surface area contributed by atoms with Crippen molar-refractivity contribution in [1.29, 1.82) is 0 Å². The number of methoxy groups -OCH3 is 1. The van der Waals surface area contributed by atoms with Gasteiger partial charge in [-0.1, -0.05) is 29.5 Å². The van der Waals surface area contributed by atoms with E-state index in [1.54, 1.807) is 7.11 Å². The first-order valence-corrected chi connectivity index (χ1v) is 8.40. The molecule has 3 aromatic rings. The van der Waals surface area contributed by atoms with Gasteiger partial charge in [0.2, 0.25) is 0 Å². The molecule has 0 aliphatic heterocycles. The Morgan fingerprint density at radius 1 is 1.16 bits per heavy atom. The van der Waals surface area contributed by atoms with Crippen LogP contribution in [0.25, 0.3) is 11.1 Å². The third-order valence-corrected chi connectivity index (χ3v) is 4.93. The maximum atomic E-state index is 10.6. The monoisotopic (exact) mass is 336 g/mol. The van der Waals surface area contributed by atoms with Gasteiger partial charge in [-0.05, 0) is 54.2 Å². The number of ether oxygens (including phenoxy) is 1. The number of nitrogens with zero attached hydrogens (tertiary/aromatic N) is 3. The maximum Gasteiger partial charge on any atom is 0.179 e. The van der Waals surface area contributed by atoms with Gasteiger partial charge < -0.3 is 9.84 Å². The summed E-state index contributed by atoms with van der Waals surface area (Å²) in [6, 6.07) is 14.2. The van der Waals surface area contributed by atoms with Crippen molar-refractivity contribution in [3.63, 3.8) is 0 Å². The zero-order valence-corrected chi connectivity index (χ0v) is 14.1. The van der Waals surface area contributed by atoms with Gasteiger partial charge in [-0.25, -0.2) is 0 Å².